The summed E-state index contributed by atoms with van der Waals surface area (Å²) in [7, 11) is 2.14. The smallest absolute Gasteiger partial charge is 0.148 e. The number of hydrogen-bond donors (Lipinski definition) is 2. The lowest BCUT2D eigenvalue weighted by Gasteiger charge is -2.30. The van der Waals surface area contributed by atoms with Gasteiger partial charge in [0.2, 0.25) is 0 Å². The second-order valence-electron chi connectivity index (χ2n) is 6.02. The standard InChI is InChI=1S/C17H22N4O/c1-12-5-3-7-15(22)17(12)14-8-9-16(20-19-14)18-13-6-4-10-21(2)11-13/h3,5,7-9,13,22H,4,6,10-11H2,1-2H3,(H,18,20)/t13-/m1/s1. The number of rotatable bonds is 3. The van der Waals surface area contributed by atoms with Crippen molar-refractivity contribution in [3.05, 3.63) is 35.9 Å². The zero-order valence-electron chi connectivity index (χ0n) is 13.1. The van der Waals surface area contributed by atoms with Crippen LogP contribution >= 0.6 is 0 Å². The predicted molar refractivity (Wildman–Crippen MR) is 88.0 cm³/mol. The van der Waals surface area contributed by atoms with E-state index in [0.717, 1.165) is 36.5 Å². The Kier molecular flexibility index (Phi) is 4.24. The summed E-state index contributed by atoms with van der Waals surface area (Å²) in [6.07, 6.45) is 2.36. The number of aromatic nitrogens is 2. The molecule has 0 spiro atoms. The SMILES string of the molecule is Cc1cccc(O)c1-c1ccc(N[C@@H]2CCCN(C)C2)nn1. The maximum Gasteiger partial charge on any atom is 0.148 e. The average molecular weight is 298 g/mol. The molecule has 2 heterocycles. The van der Waals surface area contributed by atoms with Gasteiger partial charge in [-0.05, 0) is 57.1 Å². The zero-order chi connectivity index (χ0) is 15.5. The number of benzene rings is 1. The number of piperidine rings is 1. The fraction of sp³-hybridized carbons (Fsp3) is 0.412. The van der Waals surface area contributed by atoms with Crippen LogP contribution < -0.4 is 5.32 Å². The molecule has 1 aliphatic rings. The molecule has 1 atom stereocenters. The highest BCUT2D eigenvalue weighted by atomic mass is 16.3. The van der Waals surface area contributed by atoms with Crippen LogP contribution in [0.2, 0.25) is 0 Å². The summed E-state index contributed by atoms with van der Waals surface area (Å²) in [5.41, 5.74) is 2.43. The van der Waals surface area contributed by atoms with Crippen molar-refractivity contribution in [2.75, 3.05) is 25.5 Å². The quantitative estimate of drug-likeness (QED) is 0.912. The van der Waals surface area contributed by atoms with Gasteiger partial charge in [0, 0.05) is 18.2 Å². The Labute approximate surface area is 131 Å². The Hall–Kier alpha value is -2.14. The summed E-state index contributed by atoms with van der Waals surface area (Å²) in [5, 5.41) is 22.0. The van der Waals surface area contributed by atoms with Gasteiger partial charge in [0.15, 0.2) is 0 Å². The molecule has 5 nitrogen and oxygen atoms in total. The molecule has 22 heavy (non-hydrogen) atoms. The van der Waals surface area contributed by atoms with E-state index in [4.69, 9.17) is 0 Å². The Balaban J connectivity index is 1.75. The first-order valence-corrected chi connectivity index (χ1v) is 7.71. The number of aromatic hydroxyl groups is 1. The summed E-state index contributed by atoms with van der Waals surface area (Å²) in [6, 6.07) is 9.73. The van der Waals surface area contributed by atoms with Gasteiger partial charge in [-0.25, -0.2) is 0 Å². The van der Waals surface area contributed by atoms with Crippen molar-refractivity contribution in [1.29, 1.82) is 0 Å². The lowest BCUT2D eigenvalue weighted by Crippen LogP contribution is -2.39. The minimum absolute atomic E-state index is 0.240. The number of anilines is 1. The Morgan fingerprint density at radius 2 is 2.09 bits per heavy atom. The van der Waals surface area contributed by atoms with Crippen molar-refractivity contribution in [3.63, 3.8) is 0 Å². The minimum atomic E-state index is 0.240. The highest BCUT2D eigenvalue weighted by Gasteiger charge is 2.17. The first-order chi connectivity index (χ1) is 10.6. The molecule has 0 bridgehead atoms. The number of hydrogen-bond acceptors (Lipinski definition) is 5. The van der Waals surface area contributed by atoms with Gasteiger partial charge in [-0.15, -0.1) is 10.2 Å². The van der Waals surface area contributed by atoms with Gasteiger partial charge in [-0.3, -0.25) is 0 Å². The largest absolute Gasteiger partial charge is 0.507 e. The number of aryl methyl sites for hydroxylation is 1. The normalized spacial score (nSPS) is 19.1. The summed E-state index contributed by atoms with van der Waals surface area (Å²) in [6.45, 7) is 4.15. The van der Waals surface area contributed by atoms with Crippen molar-refractivity contribution < 1.29 is 5.11 Å². The predicted octanol–water partition coefficient (Wildman–Crippen LogP) is 2.66. The molecule has 1 fully saturated rings. The molecule has 2 aromatic rings. The molecule has 0 unspecified atom stereocenters. The van der Waals surface area contributed by atoms with Crippen molar-refractivity contribution in [2.24, 2.45) is 0 Å². The summed E-state index contributed by atoms with van der Waals surface area (Å²) in [4.78, 5) is 2.33. The summed E-state index contributed by atoms with van der Waals surface area (Å²) in [5.74, 6) is 1.03. The van der Waals surface area contributed by atoms with Crippen LogP contribution in [0.25, 0.3) is 11.3 Å². The number of phenols is 1. The highest BCUT2D eigenvalue weighted by Crippen LogP contribution is 2.30. The monoisotopic (exact) mass is 298 g/mol. The van der Waals surface area contributed by atoms with Crippen molar-refractivity contribution in [3.8, 4) is 17.0 Å². The second-order valence-corrected chi connectivity index (χ2v) is 6.02. The van der Waals surface area contributed by atoms with E-state index in [1.807, 2.05) is 31.2 Å². The van der Waals surface area contributed by atoms with Gasteiger partial charge >= 0.3 is 0 Å². The molecule has 0 aliphatic carbocycles. The van der Waals surface area contributed by atoms with E-state index in [-0.39, 0.29) is 5.75 Å². The lowest BCUT2D eigenvalue weighted by molar-refractivity contribution is 0.260. The molecule has 0 saturated carbocycles. The average Bonchev–Trinajstić information content (AvgIpc) is 2.49. The van der Waals surface area contributed by atoms with E-state index >= 15 is 0 Å². The van der Waals surface area contributed by atoms with Crippen LogP contribution in [0.4, 0.5) is 5.82 Å². The van der Waals surface area contributed by atoms with E-state index in [0.29, 0.717) is 11.7 Å². The Bertz CT molecular complexity index is 621. The van der Waals surface area contributed by atoms with Gasteiger partial charge < -0.3 is 15.3 Å². The van der Waals surface area contributed by atoms with Gasteiger partial charge in [0.1, 0.15) is 11.6 Å². The van der Waals surface area contributed by atoms with Crippen LogP contribution in [0.5, 0.6) is 5.75 Å². The summed E-state index contributed by atoms with van der Waals surface area (Å²) < 4.78 is 0. The first-order valence-electron chi connectivity index (χ1n) is 7.71. The van der Waals surface area contributed by atoms with E-state index in [9.17, 15) is 5.11 Å². The van der Waals surface area contributed by atoms with E-state index < -0.39 is 0 Å². The minimum Gasteiger partial charge on any atom is -0.507 e. The number of nitrogens with zero attached hydrogens (tertiary/aromatic N) is 3. The third-order valence-corrected chi connectivity index (χ3v) is 4.15. The van der Waals surface area contributed by atoms with Crippen LogP contribution in [-0.4, -0.2) is 46.4 Å². The van der Waals surface area contributed by atoms with E-state index in [1.54, 1.807) is 6.07 Å². The molecule has 1 aromatic heterocycles. The molecular weight excluding hydrogens is 276 g/mol. The topological polar surface area (TPSA) is 61.3 Å². The molecule has 2 N–H and O–H groups in total. The second kappa shape index (κ2) is 6.32. The Morgan fingerprint density at radius 3 is 2.77 bits per heavy atom. The number of nitrogens with one attached hydrogen (secondary N) is 1. The van der Waals surface area contributed by atoms with E-state index in [1.165, 1.54) is 6.42 Å². The van der Waals surface area contributed by atoms with Crippen LogP contribution in [-0.2, 0) is 0 Å². The molecule has 3 rings (SSSR count). The summed E-state index contributed by atoms with van der Waals surface area (Å²) >= 11 is 0. The first kappa shape index (κ1) is 14.8. The van der Waals surface area contributed by atoms with Crippen molar-refractivity contribution >= 4 is 5.82 Å². The third kappa shape index (κ3) is 3.20. The fourth-order valence-corrected chi connectivity index (χ4v) is 3.02. The molecule has 5 heteroatoms. The maximum absolute atomic E-state index is 10.0. The van der Waals surface area contributed by atoms with E-state index in [2.05, 4.69) is 27.5 Å². The molecule has 1 saturated heterocycles. The van der Waals surface area contributed by atoms with Gasteiger partial charge in [-0.2, -0.15) is 0 Å². The van der Waals surface area contributed by atoms with Crippen LogP contribution in [0.15, 0.2) is 30.3 Å². The van der Waals surface area contributed by atoms with Crippen molar-refractivity contribution in [2.45, 2.75) is 25.8 Å². The molecule has 1 aliphatic heterocycles. The van der Waals surface area contributed by atoms with Gasteiger partial charge in [0.05, 0.1) is 5.69 Å². The fourth-order valence-electron chi connectivity index (χ4n) is 3.02. The third-order valence-electron chi connectivity index (χ3n) is 4.15. The molecule has 0 amide bonds. The van der Waals surface area contributed by atoms with Gasteiger partial charge in [0.25, 0.3) is 0 Å². The zero-order valence-corrected chi connectivity index (χ0v) is 13.1. The highest BCUT2D eigenvalue weighted by molar-refractivity contribution is 5.70. The maximum atomic E-state index is 10.0. The molecular formula is C17H22N4O. The number of phenolic OH excluding ortho intramolecular Hbond substituents is 1. The molecule has 116 valence electrons. The number of likely N-dealkylation sites (N-methyl/N-ethyl adjacent to an activating group) is 1. The number of likely N-dealkylation sites (tertiary alicyclic amines) is 1. The van der Waals surface area contributed by atoms with Crippen LogP contribution in [0.1, 0.15) is 18.4 Å². The molecule has 0 radical (unpaired) electrons. The van der Waals surface area contributed by atoms with Gasteiger partial charge in [-0.1, -0.05) is 12.1 Å². The van der Waals surface area contributed by atoms with Crippen LogP contribution in [0, 0.1) is 6.92 Å². The Morgan fingerprint density at radius 1 is 1.23 bits per heavy atom. The van der Waals surface area contributed by atoms with Crippen LogP contribution in [0.3, 0.4) is 0 Å². The molecule has 1 aromatic carbocycles. The lowest BCUT2D eigenvalue weighted by atomic mass is 10.0. The van der Waals surface area contributed by atoms with Crippen molar-refractivity contribution in [1.82, 2.24) is 15.1 Å².